The van der Waals surface area contributed by atoms with E-state index >= 15 is 0 Å². The molecule has 0 radical (unpaired) electrons. The first-order valence-corrected chi connectivity index (χ1v) is 7.72. The van der Waals surface area contributed by atoms with E-state index in [2.05, 4.69) is 5.32 Å². The lowest BCUT2D eigenvalue weighted by Crippen LogP contribution is -2.40. The first-order chi connectivity index (χ1) is 10.2. The molecule has 4 nitrogen and oxygen atoms in total. The van der Waals surface area contributed by atoms with Crippen LogP contribution in [0.25, 0.3) is 0 Å². The summed E-state index contributed by atoms with van der Waals surface area (Å²) in [4.78, 5) is 26.6. The summed E-state index contributed by atoms with van der Waals surface area (Å²) in [7, 11) is 1.70. The van der Waals surface area contributed by atoms with Crippen LogP contribution in [0.3, 0.4) is 0 Å². The van der Waals surface area contributed by atoms with Crippen molar-refractivity contribution in [2.45, 2.75) is 25.7 Å². The molecule has 1 aromatic carbocycles. The van der Waals surface area contributed by atoms with Gasteiger partial charge in [-0.15, -0.1) is 0 Å². The van der Waals surface area contributed by atoms with Gasteiger partial charge in [0.1, 0.15) is 0 Å². The van der Waals surface area contributed by atoms with Gasteiger partial charge in [0.15, 0.2) is 0 Å². The second kappa shape index (κ2) is 5.51. The van der Waals surface area contributed by atoms with Gasteiger partial charge in [-0.1, -0.05) is 24.6 Å². The Hall–Kier alpha value is -1.84. The Bertz CT molecular complexity index is 543. The summed E-state index contributed by atoms with van der Waals surface area (Å²) in [6.45, 7) is 1.49. The molecule has 112 valence electrons. The van der Waals surface area contributed by atoms with Gasteiger partial charge in [0.25, 0.3) is 5.91 Å². The number of nitrogens with one attached hydrogen (secondary N) is 1. The van der Waals surface area contributed by atoms with Crippen LogP contribution < -0.4 is 5.32 Å². The lowest BCUT2D eigenvalue weighted by atomic mass is 9.76. The maximum atomic E-state index is 12.6. The first-order valence-electron chi connectivity index (χ1n) is 7.72. The molecule has 4 heteroatoms. The SMILES string of the molecule is CNC(=O)[C@H]1CCC[C@@]12CCN(C(=O)c1ccccc1)C2. The second-order valence-electron chi connectivity index (χ2n) is 6.26. The number of carbonyl (C=O) groups is 2. The van der Waals surface area contributed by atoms with E-state index in [0.717, 1.165) is 44.3 Å². The number of hydrogen-bond donors (Lipinski definition) is 1. The van der Waals surface area contributed by atoms with Crippen molar-refractivity contribution < 1.29 is 9.59 Å². The van der Waals surface area contributed by atoms with Crippen molar-refractivity contribution in [3.05, 3.63) is 35.9 Å². The van der Waals surface area contributed by atoms with Crippen molar-refractivity contribution in [3.63, 3.8) is 0 Å². The van der Waals surface area contributed by atoms with E-state index in [-0.39, 0.29) is 23.1 Å². The maximum Gasteiger partial charge on any atom is 0.253 e. The van der Waals surface area contributed by atoms with Crippen LogP contribution in [0.1, 0.15) is 36.0 Å². The van der Waals surface area contributed by atoms with Gasteiger partial charge >= 0.3 is 0 Å². The molecule has 1 saturated heterocycles. The Morgan fingerprint density at radius 2 is 2.00 bits per heavy atom. The molecular formula is C17H22N2O2. The van der Waals surface area contributed by atoms with Gasteiger partial charge in [-0.05, 0) is 31.4 Å². The van der Waals surface area contributed by atoms with Crippen LogP contribution in [0.2, 0.25) is 0 Å². The van der Waals surface area contributed by atoms with Crippen molar-refractivity contribution in [1.82, 2.24) is 10.2 Å². The molecule has 1 aliphatic carbocycles. The third-order valence-corrected chi connectivity index (χ3v) is 5.16. The molecule has 2 fully saturated rings. The minimum absolute atomic E-state index is 0.00450. The third kappa shape index (κ3) is 2.43. The summed E-state index contributed by atoms with van der Waals surface area (Å²) in [6, 6.07) is 9.42. The van der Waals surface area contributed by atoms with Crippen molar-refractivity contribution >= 4 is 11.8 Å². The number of rotatable bonds is 2. The summed E-state index contributed by atoms with van der Waals surface area (Å²) < 4.78 is 0. The van der Waals surface area contributed by atoms with E-state index in [1.807, 2.05) is 35.2 Å². The maximum absolute atomic E-state index is 12.6. The molecule has 1 N–H and O–H groups in total. The number of likely N-dealkylation sites (tertiary alicyclic amines) is 1. The quantitative estimate of drug-likeness (QED) is 0.904. The molecule has 1 heterocycles. The van der Waals surface area contributed by atoms with E-state index in [9.17, 15) is 9.59 Å². The Balaban J connectivity index is 1.76. The predicted octanol–water partition coefficient (Wildman–Crippen LogP) is 2.06. The van der Waals surface area contributed by atoms with Gasteiger partial charge in [-0.25, -0.2) is 0 Å². The van der Waals surface area contributed by atoms with Crippen LogP contribution in [0.5, 0.6) is 0 Å². The average Bonchev–Trinajstić information content (AvgIpc) is 3.14. The third-order valence-electron chi connectivity index (χ3n) is 5.16. The van der Waals surface area contributed by atoms with Gasteiger partial charge in [0, 0.05) is 37.0 Å². The zero-order chi connectivity index (χ0) is 14.9. The Labute approximate surface area is 125 Å². The zero-order valence-electron chi connectivity index (χ0n) is 12.5. The molecule has 1 spiro atoms. The van der Waals surface area contributed by atoms with Gasteiger partial charge in [-0.2, -0.15) is 0 Å². The number of nitrogens with zero attached hydrogens (tertiary/aromatic N) is 1. The fourth-order valence-electron chi connectivity index (χ4n) is 4.04. The molecule has 0 bridgehead atoms. The molecule has 1 aliphatic heterocycles. The fourth-order valence-corrected chi connectivity index (χ4v) is 4.04. The molecule has 1 saturated carbocycles. The molecule has 2 amide bonds. The Morgan fingerprint density at radius 3 is 2.71 bits per heavy atom. The number of carbonyl (C=O) groups excluding carboxylic acids is 2. The highest BCUT2D eigenvalue weighted by Crippen LogP contribution is 2.49. The largest absolute Gasteiger partial charge is 0.359 e. The van der Waals surface area contributed by atoms with E-state index in [0.29, 0.717) is 0 Å². The fraction of sp³-hybridized carbons (Fsp3) is 0.529. The van der Waals surface area contributed by atoms with Crippen LogP contribution >= 0.6 is 0 Å². The molecule has 2 aliphatic rings. The molecule has 0 unspecified atom stereocenters. The molecule has 0 aromatic heterocycles. The monoisotopic (exact) mass is 286 g/mol. The van der Waals surface area contributed by atoms with E-state index in [4.69, 9.17) is 0 Å². The standard InChI is InChI=1S/C17H22N2O2/c1-18-15(20)14-8-5-9-17(14)10-11-19(12-17)16(21)13-6-3-2-4-7-13/h2-4,6-7,14H,5,8-12H2,1H3,(H,18,20)/t14-,17+/m1/s1. The van der Waals surface area contributed by atoms with E-state index in [1.54, 1.807) is 7.05 Å². The highest BCUT2D eigenvalue weighted by molar-refractivity contribution is 5.94. The van der Waals surface area contributed by atoms with Crippen molar-refractivity contribution in [2.75, 3.05) is 20.1 Å². The lowest BCUT2D eigenvalue weighted by Gasteiger charge is -2.30. The van der Waals surface area contributed by atoms with Gasteiger partial charge < -0.3 is 10.2 Å². The van der Waals surface area contributed by atoms with Crippen LogP contribution in [-0.4, -0.2) is 36.9 Å². The normalized spacial score (nSPS) is 28.0. The van der Waals surface area contributed by atoms with Crippen LogP contribution in [-0.2, 0) is 4.79 Å². The molecule has 3 rings (SSSR count). The van der Waals surface area contributed by atoms with Crippen molar-refractivity contribution in [2.24, 2.45) is 11.3 Å². The predicted molar refractivity (Wildman–Crippen MR) is 80.8 cm³/mol. The van der Waals surface area contributed by atoms with Crippen LogP contribution in [0.15, 0.2) is 30.3 Å². The minimum Gasteiger partial charge on any atom is -0.359 e. The highest BCUT2D eigenvalue weighted by Gasteiger charge is 2.50. The number of benzene rings is 1. The van der Waals surface area contributed by atoms with Gasteiger partial charge in [0.05, 0.1) is 0 Å². The molecular weight excluding hydrogens is 264 g/mol. The number of amides is 2. The topological polar surface area (TPSA) is 49.4 Å². The van der Waals surface area contributed by atoms with Crippen molar-refractivity contribution in [1.29, 1.82) is 0 Å². The molecule has 1 aromatic rings. The average molecular weight is 286 g/mol. The van der Waals surface area contributed by atoms with Crippen LogP contribution in [0.4, 0.5) is 0 Å². The lowest BCUT2D eigenvalue weighted by molar-refractivity contribution is -0.127. The summed E-state index contributed by atoms with van der Waals surface area (Å²) in [5.74, 6) is 0.299. The summed E-state index contributed by atoms with van der Waals surface area (Å²) in [5.41, 5.74) is 0.744. The molecule has 2 atom stereocenters. The second-order valence-corrected chi connectivity index (χ2v) is 6.26. The zero-order valence-corrected chi connectivity index (χ0v) is 12.5. The Morgan fingerprint density at radius 1 is 1.24 bits per heavy atom. The number of hydrogen-bond acceptors (Lipinski definition) is 2. The van der Waals surface area contributed by atoms with Crippen molar-refractivity contribution in [3.8, 4) is 0 Å². The highest BCUT2D eigenvalue weighted by atomic mass is 16.2. The summed E-state index contributed by atoms with van der Waals surface area (Å²) >= 11 is 0. The van der Waals surface area contributed by atoms with Crippen LogP contribution in [0, 0.1) is 11.3 Å². The Kier molecular flexibility index (Phi) is 3.70. The van der Waals surface area contributed by atoms with E-state index < -0.39 is 0 Å². The van der Waals surface area contributed by atoms with Gasteiger partial charge in [-0.3, -0.25) is 9.59 Å². The smallest absolute Gasteiger partial charge is 0.253 e. The summed E-state index contributed by atoms with van der Waals surface area (Å²) in [6.07, 6.45) is 4.05. The first kappa shape index (κ1) is 14.1. The minimum atomic E-state index is 0.00450. The molecule has 21 heavy (non-hydrogen) atoms. The van der Waals surface area contributed by atoms with Gasteiger partial charge in [0.2, 0.25) is 5.91 Å². The van der Waals surface area contributed by atoms with E-state index in [1.165, 1.54) is 0 Å². The summed E-state index contributed by atoms with van der Waals surface area (Å²) in [5, 5.41) is 2.79.